The van der Waals surface area contributed by atoms with E-state index >= 15 is 0 Å². The van der Waals surface area contributed by atoms with Gasteiger partial charge in [-0.1, -0.05) is 40.9 Å². The minimum Gasteiger partial charge on any atom is -0.503 e. The predicted octanol–water partition coefficient (Wildman–Crippen LogP) is 5.51. The first-order valence-electron chi connectivity index (χ1n) is 8.87. The van der Waals surface area contributed by atoms with Gasteiger partial charge in [0.25, 0.3) is 5.56 Å². The second-order valence-corrected chi connectivity index (χ2v) is 8.39. The van der Waals surface area contributed by atoms with E-state index in [0.29, 0.717) is 33.2 Å². The third-order valence-corrected chi connectivity index (χ3v) is 6.28. The normalized spacial score (nSPS) is 11.5. The molecular weight excluding hydrogens is 525 g/mol. The fourth-order valence-corrected chi connectivity index (χ4v) is 3.76. The maximum Gasteiger partial charge on any atom is 0.282 e. The molecule has 0 aliphatic carbocycles. The fraction of sp³-hybridized carbons (Fsp3) is 0.250. The van der Waals surface area contributed by atoms with Gasteiger partial charge in [0, 0.05) is 20.9 Å². The van der Waals surface area contributed by atoms with Crippen LogP contribution < -0.4 is 10.3 Å². The van der Waals surface area contributed by atoms with E-state index in [1.54, 1.807) is 12.1 Å². The minimum atomic E-state index is -0.258. The molecule has 3 rings (SSSR count). The Morgan fingerprint density at radius 2 is 2.10 bits per heavy atom. The minimum absolute atomic E-state index is 0.102. The van der Waals surface area contributed by atoms with Crippen molar-refractivity contribution in [2.24, 2.45) is 5.10 Å². The molecule has 0 bridgehead atoms. The Morgan fingerprint density at radius 1 is 1.34 bits per heavy atom. The van der Waals surface area contributed by atoms with Gasteiger partial charge in [-0.15, -0.1) is 0 Å². The fourth-order valence-electron chi connectivity index (χ4n) is 2.79. The summed E-state index contributed by atoms with van der Waals surface area (Å²) in [5.41, 5.74) is 0.922. The number of aromatic nitrogens is 2. The van der Waals surface area contributed by atoms with Crippen LogP contribution in [0.4, 0.5) is 0 Å². The van der Waals surface area contributed by atoms with Gasteiger partial charge in [-0.25, -0.2) is 4.98 Å². The van der Waals surface area contributed by atoms with Gasteiger partial charge in [-0.2, -0.15) is 9.78 Å². The first-order chi connectivity index (χ1) is 13.9. The Hall–Kier alpha value is -1.90. The van der Waals surface area contributed by atoms with Crippen LogP contribution in [0.25, 0.3) is 10.9 Å². The molecule has 9 heteroatoms. The van der Waals surface area contributed by atoms with Gasteiger partial charge in [0.15, 0.2) is 11.5 Å². The highest BCUT2D eigenvalue weighted by Gasteiger charge is 2.15. The van der Waals surface area contributed by atoms with Gasteiger partial charge in [-0.3, -0.25) is 4.79 Å². The predicted molar refractivity (Wildman–Crippen MR) is 123 cm³/mol. The number of aromatic hydroxyl groups is 1. The van der Waals surface area contributed by atoms with Crippen molar-refractivity contribution in [1.29, 1.82) is 0 Å². The highest BCUT2D eigenvalue weighted by molar-refractivity contribution is 9.10. The topological polar surface area (TPSA) is 76.7 Å². The maximum atomic E-state index is 13.1. The lowest BCUT2D eigenvalue weighted by Gasteiger charge is -2.11. The highest BCUT2D eigenvalue weighted by atomic mass is 79.9. The van der Waals surface area contributed by atoms with Crippen molar-refractivity contribution in [2.45, 2.75) is 26.2 Å². The SMILES string of the molecule is CCCCc1nc2ccc(Br)cc2c(=O)n1N=Cc1cc(OC)c(O)c(Cl)c1Br. The van der Waals surface area contributed by atoms with E-state index in [-0.39, 0.29) is 22.1 Å². The van der Waals surface area contributed by atoms with Crippen LogP contribution in [0.15, 0.2) is 43.1 Å². The number of hydrogen-bond donors (Lipinski definition) is 1. The zero-order chi connectivity index (χ0) is 21.1. The van der Waals surface area contributed by atoms with Crippen LogP contribution in [0.3, 0.4) is 0 Å². The van der Waals surface area contributed by atoms with Crippen molar-refractivity contribution < 1.29 is 9.84 Å². The number of rotatable bonds is 6. The summed E-state index contributed by atoms with van der Waals surface area (Å²) in [5, 5.41) is 15.0. The molecule has 0 unspecified atom stereocenters. The third kappa shape index (κ3) is 4.49. The lowest BCUT2D eigenvalue weighted by Crippen LogP contribution is -2.22. The molecule has 0 saturated heterocycles. The Labute approximate surface area is 189 Å². The van der Waals surface area contributed by atoms with Crippen molar-refractivity contribution in [3.8, 4) is 11.5 Å². The van der Waals surface area contributed by atoms with Crippen molar-refractivity contribution in [1.82, 2.24) is 9.66 Å². The van der Waals surface area contributed by atoms with E-state index in [1.165, 1.54) is 18.0 Å². The van der Waals surface area contributed by atoms with Crippen LogP contribution in [0.2, 0.25) is 5.02 Å². The quantitative estimate of drug-likeness (QED) is 0.416. The number of halogens is 3. The molecule has 1 N–H and O–H groups in total. The molecule has 0 radical (unpaired) electrons. The Bertz CT molecular complexity index is 1160. The summed E-state index contributed by atoms with van der Waals surface area (Å²) in [5.74, 6) is 0.617. The number of aryl methyl sites for hydroxylation is 1. The zero-order valence-electron chi connectivity index (χ0n) is 15.7. The first kappa shape index (κ1) is 21.8. The Balaban J connectivity index is 2.17. The number of fused-ring (bicyclic) bond motifs is 1. The summed E-state index contributed by atoms with van der Waals surface area (Å²) in [4.78, 5) is 17.7. The molecule has 0 spiro atoms. The first-order valence-corrected chi connectivity index (χ1v) is 10.8. The Morgan fingerprint density at radius 3 is 2.79 bits per heavy atom. The summed E-state index contributed by atoms with van der Waals surface area (Å²) < 4.78 is 7.69. The number of benzene rings is 2. The second kappa shape index (κ2) is 9.28. The average Bonchev–Trinajstić information content (AvgIpc) is 2.71. The van der Waals surface area contributed by atoms with E-state index in [2.05, 4.69) is 48.9 Å². The molecule has 1 aromatic heterocycles. The molecular formula is C20H18Br2ClN3O3. The zero-order valence-corrected chi connectivity index (χ0v) is 19.7. The number of hydrogen-bond acceptors (Lipinski definition) is 5. The molecule has 0 atom stereocenters. The van der Waals surface area contributed by atoms with E-state index in [9.17, 15) is 9.90 Å². The Kier molecular flexibility index (Phi) is 6.97. The van der Waals surface area contributed by atoms with E-state index in [0.717, 1.165) is 17.3 Å². The van der Waals surface area contributed by atoms with Crippen molar-refractivity contribution in [3.63, 3.8) is 0 Å². The molecule has 0 fully saturated rings. The number of unbranched alkanes of at least 4 members (excludes halogenated alkanes) is 1. The smallest absolute Gasteiger partial charge is 0.282 e. The lowest BCUT2D eigenvalue weighted by atomic mass is 10.2. The third-order valence-electron chi connectivity index (χ3n) is 4.34. The molecule has 0 amide bonds. The maximum absolute atomic E-state index is 13.1. The van der Waals surface area contributed by atoms with E-state index < -0.39 is 0 Å². The molecule has 152 valence electrons. The molecule has 2 aromatic carbocycles. The van der Waals surface area contributed by atoms with E-state index in [4.69, 9.17) is 16.3 Å². The summed E-state index contributed by atoms with van der Waals surface area (Å²) in [6.45, 7) is 2.08. The molecule has 29 heavy (non-hydrogen) atoms. The standard InChI is InChI=1S/C20H18Br2ClN3O3/c1-3-4-5-16-25-14-7-6-12(21)9-13(14)20(28)26(16)24-10-11-8-15(29-2)19(27)18(23)17(11)22/h6-10,27H,3-5H2,1-2H3. The molecule has 0 saturated carbocycles. The summed E-state index contributed by atoms with van der Waals surface area (Å²) >= 11 is 12.9. The monoisotopic (exact) mass is 541 g/mol. The van der Waals surface area contributed by atoms with Gasteiger partial charge >= 0.3 is 0 Å². The van der Waals surface area contributed by atoms with Gasteiger partial charge in [0.05, 0.1) is 24.2 Å². The second-order valence-electron chi connectivity index (χ2n) is 6.30. The molecule has 3 aromatic rings. The van der Waals surface area contributed by atoms with Crippen molar-refractivity contribution in [2.75, 3.05) is 7.11 Å². The summed E-state index contributed by atoms with van der Waals surface area (Å²) in [7, 11) is 1.43. The van der Waals surface area contributed by atoms with Crippen LogP contribution in [0.1, 0.15) is 31.2 Å². The van der Waals surface area contributed by atoms with Crippen LogP contribution in [0.5, 0.6) is 11.5 Å². The van der Waals surface area contributed by atoms with Crippen molar-refractivity contribution >= 4 is 60.6 Å². The molecule has 0 aliphatic heterocycles. The lowest BCUT2D eigenvalue weighted by molar-refractivity contribution is 0.373. The van der Waals surface area contributed by atoms with Gasteiger partial charge in [0.2, 0.25) is 0 Å². The summed E-state index contributed by atoms with van der Waals surface area (Å²) in [6, 6.07) is 6.98. The molecule has 0 aliphatic rings. The molecule has 1 heterocycles. The highest BCUT2D eigenvalue weighted by Crippen LogP contribution is 2.40. The largest absolute Gasteiger partial charge is 0.503 e. The van der Waals surface area contributed by atoms with E-state index in [1.807, 2.05) is 12.1 Å². The van der Waals surface area contributed by atoms with Crippen LogP contribution in [-0.2, 0) is 6.42 Å². The van der Waals surface area contributed by atoms with Crippen molar-refractivity contribution in [3.05, 3.63) is 60.0 Å². The summed E-state index contributed by atoms with van der Waals surface area (Å²) in [6.07, 6.45) is 3.96. The average molecular weight is 544 g/mol. The molecule has 6 nitrogen and oxygen atoms in total. The van der Waals surface area contributed by atoms with Crippen LogP contribution >= 0.6 is 43.5 Å². The van der Waals surface area contributed by atoms with Gasteiger partial charge in [0.1, 0.15) is 10.8 Å². The number of phenolic OH excluding ortho intramolecular Hbond substituents is 1. The van der Waals surface area contributed by atoms with Gasteiger partial charge < -0.3 is 9.84 Å². The van der Waals surface area contributed by atoms with Crippen LogP contribution in [-0.4, -0.2) is 28.1 Å². The number of nitrogens with zero attached hydrogens (tertiary/aromatic N) is 3. The number of ether oxygens (including phenoxy) is 1. The van der Waals surface area contributed by atoms with Crippen LogP contribution in [0, 0.1) is 0 Å². The number of phenols is 1. The van der Waals surface area contributed by atoms with Gasteiger partial charge in [-0.05, 0) is 46.6 Å². The number of methoxy groups -OCH3 is 1.